The second kappa shape index (κ2) is 7.10. The fourth-order valence-corrected chi connectivity index (χ4v) is 3.12. The van der Waals surface area contributed by atoms with E-state index in [4.69, 9.17) is 5.73 Å². The fraction of sp³-hybridized carbons (Fsp3) is 0.467. The first-order chi connectivity index (χ1) is 10.4. The summed E-state index contributed by atoms with van der Waals surface area (Å²) in [6, 6.07) is 4.64. The van der Waals surface area contributed by atoms with Crippen molar-refractivity contribution in [3.05, 3.63) is 29.8 Å². The largest absolute Gasteiger partial charge is 0.548 e. The van der Waals surface area contributed by atoms with Crippen molar-refractivity contribution >= 4 is 21.9 Å². The maximum absolute atomic E-state index is 12.2. The summed E-state index contributed by atoms with van der Waals surface area (Å²) in [6.07, 6.45) is -0.527. The molecular formula is C15H21N2O5S-. The minimum absolute atomic E-state index is 0.0594. The molecule has 1 rings (SSSR count). The van der Waals surface area contributed by atoms with E-state index in [1.54, 1.807) is 12.1 Å². The quantitative estimate of drug-likeness (QED) is 0.700. The molecule has 8 heteroatoms. The van der Waals surface area contributed by atoms with Gasteiger partial charge in [0, 0.05) is 6.42 Å². The zero-order chi connectivity index (χ0) is 17.8. The van der Waals surface area contributed by atoms with Crippen LogP contribution in [-0.2, 0) is 25.0 Å². The summed E-state index contributed by atoms with van der Waals surface area (Å²) in [7, 11) is -4.04. The normalized spacial score (nSPS) is 13.5. The highest BCUT2D eigenvalue weighted by molar-refractivity contribution is 7.89. The van der Waals surface area contributed by atoms with Gasteiger partial charge in [-0.3, -0.25) is 4.79 Å². The molecule has 0 bridgehead atoms. The second-order valence-corrected chi connectivity index (χ2v) is 7.99. The molecular weight excluding hydrogens is 320 g/mol. The summed E-state index contributed by atoms with van der Waals surface area (Å²) < 4.78 is 26.5. The number of carboxylic acids is 1. The monoisotopic (exact) mass is 341 g/mol. The van der Waals surface area contributed by atoms with Gasteiger partial charge in [0.2, 0.25) is 15.9 Å². The molecule has 7 nitrogen and oxygen atoms in total. The topological polar surface area (TPSA) is 129 Å². The summed E-state index contributed by atoms with van der Waals surface area (Å²) in [5.41, 5.74) is 5.76. The molecule has 0 fully saturated rings. The Bertz CT molecular complexity index is 675. The number of nitrogens with one attached hydrogen (secondary N) is 1. The Morgan fingerprint density at radius 3 is 2.13 bits per heavy atom. The molecule has 0 radical (unpaired) electrons. The lowest BCUT2D eigenvalue weighted by Gasteiger charge is -2.21. The maximum atomic E-state index is 12.2. The van der Waals surface area contributed by atoms with E-state index in [0.29, 0.717) is 0 Å². The van der Waals surface area contributed by atoms with Gasteiger partial charge in [0.05, 0.1) is 16.9 Å². The molecule has 1 aromatic rings. The summed E-state index contributed by atoms with van der Waals surface area (Å²) in [5, 5.41) is 11.0. The van der Waals surface area contributed by atoms with Gasteiger partial charge in [0.25, 0.3) is 0 Å². The van der Waals surface area contributed by atoms with Crippen molar-refractivity contribution in [1.82, 2.24) is 4.72 Å². The van der Waals surface area contributed by atoms with Crippen LogP contribution in [0.3, 0.4) is 0 Å². The molecule has 23 heavy (non-hydrogen) atoms. The highest BCUT2D eigenvalue weighted by atomic mass is 32.2. The molecule has 0 heterocycles. The van der Waals surface area contributed by atoms with E-state index in [9.17, 15) is 23.1 Å². The highest BCUT2D eigenvalue weighted by Gasteiger charge is 2.22. The van der Waals surface area contributed by atoms with E-state index in [1.165, 1.54) is 12.1 Å². The lowest BCUT2D eigenvalue weighted by molar-refractivity contribution is -0.308. The van der Waals surface area contributed by atoms with Crippen LogP contribution >= 0.6 is 0 Å². The molecule has 0 unspecified atom stereocenters. The first-order valence-corrected chi connectivity index (χ1v) is 8.54. The molecule has 1 amide bonds. The smallest absolute Gasteiger partial charge is 0.241 e. The average Bonchev–Trinajstić information content (AvgIpc) is 2.42. The Labute approximate surface area is 135 Å². The first kappa shape index (κ1) is 19.1. The van der Waals surface area contributed by atoms with Gasteiger partial charge in [-0.2, -0.15) is 0 Å². The standard InChI is InChI=1S/C15H22N2O5S/c1-15(2,3)10-4-6-11(7-5-10)23(21,22)17-12(14(19)20)8-9-13(16)18/h4-7,12,17H,8-9H2,1-3H3,(H2,16,18)(H,19,20)/p-1/t12-/m0/s1. The lowest BCUT2D eigenvalue weighted by Crippen LogP contribution is -2.48. The van der Waals surface area contributed by atoms with Gasteiger partial charge in [-0.1, -0.05) is 32.9 Å². The number of aliphatic carboxylic acids is 1. The zero-order valence-corrected chi connectivity index (χ0v) is 14.1. The number of nitrogens with two attached hydrogens (primary N) is 1. The van der Waals surface area contributed by atoms with Crippen LogP contribution in [0.4, 0.5) is 0 Å². The first-order valence-electron chi connectivity index (χ1n) is 7.05. The molecule has 0 aliphatic carbocycles. The lowest BCUT2D eigenvalue weighted by atomic mass is 9.87. The minimum atomic E-state index is -4.04. The van der Waals surface area contributed by atoms with E-state index in [2.05, 4.69) is 0 Å². The summed E-state index contributed by atoms with van der Waals surface area (Å²) >= 11 is 0. The third-order valence-electron chi connectivity index (χ3n) is 3.29. The summed E-state index contributed by atoms with van der Waals surface area (Å²) in [5.74, 6) is -2.33. The van der Waals surface area contributed by atoms with Crippen molar-refractivity contribution in [2.75, 3.05) is 0 Å². The summed E-state index contributed by atoms with van der Waals surface area (Å²) in [6.45, 7) is 5.97. The predicted molar refractivity (Wildman–Crippen MR) is 82.7 cm³/mol. The SMILES string of the molecule is CC(C)(C)c1ccc(S(=O)(=O)N[C@@H](CCC(N)=O)C(=O)[O-])cc1. The van der Waals surface area contributed by atoms with Crippen molar-refractivity contribution in [1.29, 1.82) is 0 Å². The van der Waals surface area contributed by atoms with Crippen LogP contribution in [0.25, 0.3) is 0 Å². The van der Waals surface area contributed by atoms with Crippen LogP contribution < -0.4 is 15.6 Å². The molecule has 1 atom stereocenters. The van der Waals surface area contributed by atoms with Gasteiger partial charge < -0.3 is 15.6 Å². The zero-order valence-electron chi connectivity index (χ0n) is 13.3. The summed E-state index contributed by atoms with van der Waals surface area (Å²) in [4.78, 5) is 21.7. The highest BCUT2D eigenvalue weighted by Crippen LogP contribution is 2.23. The van der Waals surface area contributed by atoms with Gasteiger partial charge in [0.15, 0.2) is 0 Å². The van der Waals surface area contributed by atoms with Crippen LogP contribution in [0, 0.1) is 0 Å². The average molecular weight is 341 g/mol. The van der Waals surface area contributed by atoms with Crippen molar-refractivity contribution in [2.45, 2.75) is 50.0 Å². The van der Waals surface area contributed by atoms with E-state index in [0.717, 1.165) is 5.56 Å². The Morgan fingerprint density at radius 2 is 1.74 bits per heavy atom. The number of carbonyl (C=O) groups excluding carboxylic acids is 2. The van der Waals surface area contributed by atoms with Gasteiger partial charge in [-0.25, -0.2) is 13.1 Å². The molecule has 0 aliphatic heterocycles. The second-order valence-electron chi connectivity index (χ2n) is 6.27. The number of sulfonamides is 1. The Balaban J connectivity index is 2.96. The Kier molecular flexibility index (Phi) is 5.90. The minimum Gasteiger partial charge on any atom is -0.548 e. The number of primary amides is 1. The number of hydrogen-bond donors (Lipinski definition) is 2. The van der Waals surface area contributed by atoms with Gasteiger partial charge in [-0.05, 0) is 29.5 Å². The van der Waals surface area contributed by atoms with Crippen molar-refractivity contribution < 1.29 is 23.1 Å². The van der Waals surface area contributed by atoms with E-state index in [-0.39, 0.29) is 23.2 Å². The molecule has 1 aromatic carbocycles. The fourth-order valence-electron chi connectivity index (χ4n) is 1.90. The Hall–Kier alpha value is -1.93. The molecule has 0 aliphatic rings. The predicted octanol–water partition coefficient (Wildman–Crippen LogP) is -0.354. The molecule has 0 saturated carbocycles. The molecule has 3 N–H and O–H groups in total. The van der Waals surface area contributed by atoms with Crippen molar-refractivity contribution in [3.63, 3.8) is 0 Å². The maximum Gasteiger partial charge on any atom is 0.241 e. The number of rotatable bonds is 7. The van der Waals surface area contributed by atoms with E-state index >= 15 is 0 Å². The number of hydrogen-bond acceptors (Lipinski definition) is 5. The van der Waals surface area contributed by atoms with E-state index in [1.807, 2.05) is 25.5 Å². The van der Waals surface area contributed by atoms with Crippen LogP contribution in [0.2, 0.25) is 0 Å². The van der Waals surface area contributed by atoms with Gasteiger partial charge >= 0.3 is 0 Å². The number of carboxylic acid groups (broad SMARTS) is 1. The van der Waals surface area contributed by atoms with Crippen molar-refractivity contribution in [2.24, 2.45) is 5.73 Å². The number of benzene rings is 1. The van der Waals surface area contributed by atoms with Crippen LogP contribution in [-0.4, -0.2) is 26.3 Å². The van der Waals surface area contributed by atoms with Gasteiger partial charge in [-0.15, -0.1) is 0 Å². The third kappa shape index (κ3) is 5.65. The number of amides is 1. The van der Waals surface area contributed by atoms with Crippen LogP contribution in [0.1, 0.15) is 39.2 Å². The van der Waals surface area contributed by atoms with Crippen molar-refractivity contribution in [3.8, 4) is 0 Å². The number of carbonyl (C=O) groups is 2. The van der Waals surface area contributed by atoms with E-state index < -0.39 is 27.9 Å². The molecule has 0 aromatic heterocycles. The molecule has 128 valence electrons. The van der Waals surface area contributed by atoms with Crippen LogP contribution in [0.5, 0.6) is 0 Å². The third-order valence-corrected chi connectivity index (χ3v) is 4.78. The van der Waals surface area contributed by atoms with Gasteiger partial charge in [0.1, 0.15) is 0 Å². The molecule has 0 saturated heterocycles. The molecule has 0 spiro atoms. The Morgan fingerprint density at radius 1 is 1.22 bits per heavy atom. The van der Waals surface area contributed by atoms with Crippen LogP contribution in [0.15, 0.2) is 29.2 Å².